The molecule has 1 amide bonds. The zero-order valence-electron chi connectivity index (χ0n) is 13.5. The summed E-state index contributed by atoms with van der Waals surface area (Å²) in [6.07, 6.45) is 0.873. The van der Waals surface area contributed by atoms with Gasteiger partial charge in [-0.15, -0.1) is 10.2 Å². The zero-order valence-corrected chi connectivity index (χ0v) is 14.2. The number of carbonyl (C=O) groups excluding carboxylic acids is 1. The largest absolute Gasteiger partial charge is 0.336 e. The van der Waals surface area contributed by atoms with Crippen LogP contribution in [0.4, 0.5) is 0 Å². The number of benzene rings is 2. The first kappa shape index (κ1) is 15.8. The van der Waals surface area contributed by atoms with E-state index in [2.05, 4.69) is 27.5 Å². The third-order valence-electron chi connectivity index (χ3n) is 4.33. The number of hydrogen-bond acceptors (Lipinski definition) is 4. The smallest absolute Gasteiger partial charge is 0.246 e. The maximum atomic E-state index is 12.6. The Kier molecular flexibility index (Phi) is 4.19. The fraction of sp³-hybridized carbons (Fsp3) is 0.222. The molecule has 0 N–H and O–H groups in total. The highest BCUT2D eigenvalue weighted by atomic mass is 35.5. The number of aromatic nitrogens is 4. The number of tetrazole rings is 1. The topological polar surface area (TPSA) is 63.9 Å². The van der Waals surface area contributed by atoms with Gasteiger partial charge in [0.25, 0.3) is 0 Å². The van der Waals surface area contributed by atoms with Crippen molar-refractivity contribution in [2.45, 2.75) is 19.5 Å². The molecule has 0 fully saturated rings. The van der Waals surface area contributed by atoms with Gasteiger partial charge in [0.2, 0.25) is 11.7 Å². The van der Waals surface area contributed by atoms with Crippen molar-refractivity contribution in [2.75, 3.05) is 6.54 Å². The van der Waals surface area contributed by atoms with E-state index in [1.807, 2.05) is 35.2 Å². The van der Waals surface area contributed by atoms with Gasteiger partial charge in [0, 0.05) is 18.7 Å². The molecular formula is C18H16ClN5O. The SMILES string of the molecule is O=C(Cn1nnc(-c2ccccc2Cl)n1)N1CCc2ccccc2C1. The molecule has 6 nitrogen and oxygen atoms in total. The van der Waals surface area contributed by atoms with Gasteiger partial charge in [-0.25, -0.2) is 0 Å². The quantitative estimate of drug-likeness (QED) is 0.726. The summed E-state index contributed by atoms with van der Waals surface area (Å²) in [5.74, 6) is 0.403. The second-order valence-corrected chi connectivity index (χ2v) is 6.36. The molecule has 1 aliphatic rings. The minimum absolute atomic E-state index is 0.0161. The first-order valence-electron chi connectivity index (χ1n) is 8.08. The van der Waals surface area contributed by atoms with Gasteiger partial charge >= 0.3 is 0 Å². The first-order valence-corrected chi connectivity index (χ1v) is 8.46. The molecule has 25 heavy (non-hydrogen) atoms. The minimum Gasteiger partial charge on any atom is -0.336 e. The maximum absolute atomic E-state index is 12.6. The molecule has 1 aliphatic heterocycles. The lowest BCUT2D eigenvalue weighted by Gasteiger charge is -2.28. The van der Waals surface area contributed by atoms with E-state index >= 15 is 0 Å². The van der Waals surface area contributed by atoms with Crippen LogP contribution in [0.5, 0.6) is 0 Å². The number of rotatable bonds is 3. The molecule has 3 aromatic rings. The van der Waals surface area contributed by atoms with E-state index in [0.29, 0.717) is 29.5 Å². The lowest BCUT2D eigenvalue weighted by Crippen LogP contribution is -2.38. The van der Waals surface area contributed by atoms with Crippen molar-refractivity contribution in [1.82, 2.24) is 25.1 Å². The number of hydrogen-bond donors (Lipinski definition) is 0. The molecule has 0 radical (unpaired) electrons. The molecule has 7 heteroatoms. The summed E-state index contributed by atoms with van der Waals surface area (Å²) in [5.41, 5.74) is 3.21. The van der Waals surface area contributed by atoms with Crippen LogP contribution in [0.15, 0.2) is 48.5 Å². The summed E-state index contributed by atoms with van der Waals surface area (Å²) >= 11 is 6.15. The van der Waals surface area contributed by atoms with E-state index in [0.717, 1.165) is 6.42 Å². The van der Waals surface area contributed by atoms with E-state index < -0.39 is 0 Å². The van der Waals surface area contributed by atoms with Crippen molar-refractivity contribution in [3.8, 4) is 11.4 Å². The van der Waals surface area contributed by atoms with Gasteiger partial charge in [-0.1, -0.05) is 48.0 Å². The molecule has 2 aromatic carbocycles. The van der Waals surface area contributed by atoms with Crippen molar-refractivity contribution in [1.29, 1.82) is 0 Å². The highest BCUT2D eigenvalue weighted by Gasteiger charge is 2.21. The number of carbonyl (C=O) groups is 1. The van der Waals surface area contributed by atoms with E-state index in [1.165, 1.54) is 15.9 Å². The van der Waals surface area contributed by atoms with E-state index in [9.17, 15) is 4.79 Å². The van der Waals surface area contributed by atoms with Gasteiger partial charge in [0.05, 0.1) is 5.02 Å². The van der Waals surface area contributed by atoms with Crippen molar-refractivity contribution in [2.24, 2.45) is 0 Å². The molecule has 0 saturated carbocycles. The Hall–Kier alpha value is -2.73. The molecule has 0 bridgehead atoms. The van der Waals surface area contributed by atoms with E-state index in [-0.39, 0.29) is 12.5 Å². The van der Waals surface area contributed by atoms with Crippen LogP contribution in [0, 0.1) is 0 Å². The Bertz CT molecular complexity index is 923. The number of fused-ring (bicyclic) bond motifs is 1. The number of halogens is 1. The lowest BCUT2D eigenvalue weighted by molar-refractivity contribution is -0.133. The van der Waals surface area contributed by atoms with Crippen LogP contribution in [-0.4, -0.2) is 37.6 Å². The van der Waals surface area contributed by atoms with Gasteiger partial charge < -0.3 is 4.90 Å². The van der Waals surface area contributed by atoms with Crippen LogP contribution in [0.3, 0.4) is 0 Å². The fourth-order valence-corrected chi connectivity index (χ4v) is 3.21. The minimum atomic E-state index is -0.0161. The molecule has 0 saturated heterocycles. The predicted octanol–water partition coefficient (Wildman–Crippen LogP) is 2.58. The molecule has 126 valence electrons. The highest BCUT2D eigenvalue weighted by Crippen LogP contribution is 2.23. The Morgan fingerprint density at radius 1 is 1.08 bits per heavy atom. The molecule has 0 aliphatic carbocycles. The maximum Gasteiger partial charge on any atom is 0.246 e. The van der Waals surface area contributed by atoms with Crippen LogP contribution in [0.25, 0.3) is 11.4 Å². The van der Waals surface area contributed by atoms with Gasteiger partial charge in [-0.3, -0.25) is 4.79 Å². The van der Waals surface area contributed by atoms with Crippen molar-refractivity contribution < 1.29 is 4.79 Å². The lowest BCUT2D eigenvalue weighted by atomic mass is 10.00. The van der Waals surface area contributed by atoms with E-state index in [1.54, 1.807) is 6.07 Å². The summed E-state index contributed by atoms with van der Waals surface area (Å²) in [6, 6.07) is 15.5. The van der Waals surface area contributed by atoms with Crippen molar-refractivity contribution >= 4 is 17.5 Å². The summed E-state index contributed by atoms with van der Waals surface area (Å²) in [5, 5.41) is 12.8. The second kappa shape index (κ2) is 6.64. The molecule has 1 aromatic heterocycles. The van der Waals surface area contributed by atoms with Crippen LogP contribution < -0.4 is 0 Å². The Morgan fingerprint density at radius 3 is 2.68 bits per heavy atom. The van der Waals surface area contributed by atoms with Crippen molar-refractivity contribution in [3.63, 3.8) is 0 Å². The zero-order chi connectivity index (χ0) is 17.2. The summed E-state index contributed by atoms with van der Waals surface area (Å²) < 4.78 is 0. The Balaban J connectivity index is 1.47. The Morgan fingerprint density at radius 2 is 1.84 bits per heavy atom. The predicted molar refractivity (Wildman–Crippen MR) is 93.8 cm³/mol. The summed E-state index contributed by atoms with van der Waals surface area (Å²) in [6.45, 7) is 1.41. The molecule has 0 spiro atoms. The second-order valence-electron chi connectivity index (χ2n) is 5.96. The summed E-state index contributed by atoms with van der Waals surface area (Å²) in [4.78, 5) is 15.7. The third kappa shape index (κ3) is 3.25. The molecule has 0 unspecified atom stereocenters. The monoisotopic (exact) mass is 353 g/mol. The van der Waals surface area contributed by atoms with Gasteiger partial charge in [0.15, 0.2) is 0 Å². The van der Waals surface area contributed by atoms with E-state index in [4.69, 9.17) is 11.6 Å². The van der Waals surface area contributed by atoms with Gasteiger partial charge in [-0.2, -0.15) is 4.80 Å². The number of nitrogens with zero attached hydrogens (tertiary/aromatic N) is 5. The molecular weight excluding hydrogens is 338 g/mol. The van der Waals surface area contributed by atoms with Crippen LogP contribution in [0.1, 0.15) is 11.1 Å². The first-order chi connectivity index (χ1) is 12.2. The molecule has 0 atom stereocenters. The average molecular weight is 354 g/mol. The van der Waals surface area contributed by atoms with Crippen LogP contribution in [-0.2, 0) is 24.3 Å². The van der Waals surface area contributed by atoms with Gasteiger partial charge in [0.1, 0.15) is 6.54 Å². The molecule has 2 heterocycles. The van der Waals surface area contributed by atoms with Gasteiger partial charge in [-0.05, 0) is 34.9 Å². The standard InChI is InChI=1S/C18H16ClN5O/c19-16-8-4-3-7-15(16)18-20-22-24(21-18)12-17(25)23-10-9-13-5-1-2-6-14(13)11-23/h1-8H,9-12H2. The summed E-state index contributed by atoms with van der Waals surface area (Å²) in [7, 11) is 0. The Labute approximate surface area is 150 Å². The van der Waals surface area contributed by atoms with Crippen LogP contribution >= 0.6 is 11.6 Å². The number of amides is 1. The highest BCUT2D eigenvalue weighted by molar-refractivity contribution is 6.33. The fourth-order valence-electron chi connectivity index (χ4n) is 2.99. The van der Waals surface area contributed by atoms with Crippen molar-refractivity contribution in [3.05, 3.63) is 64.7 Å². The third-order valence-corrected chi connectivity index (χ3v) is 4.66. The molecule has 4 rings (SSSR count). The normalized spacial score (nSPS) is 13.6. The average Bonchev–Trinajstić information content (AvgIpc) is 3.10. The van der Waals surface area contributed by atoms with Crippen LogP contribution in [0.2, 0.25) is 5.02 Å².